The van der Waals surface area contributed by atoms with E-state index in [9.17, 15) is 4.79 Å². The summed E-state index contributed by atoms with van der Waals surface area (Å²) in [6.07, 6.45) is 0. The number of hydrogen-bond donors (Lipinski definition) is 1. The van der Waals surface area contributed by atoms with Crippen LogP contribution in [0, 0.1) is 0 Å². The molecule has 0 aliphatic carbocycles. The van der Waals surface area contributed by atoms with Crippen LogP contribution in [-0.2, 0) is 11.3 Å². The molecule has 0 fully saturated rings. The Hall–Kier alpha value is -2.33. The first-order valence-electron chi connectivity index (χ1n) is 6.35. The predicted molar refractivity (Wildman–Crippen MR) is 74.6 cm³/mol. The van der Waals surface area contributed by atoms with Crippen LogP contribution in [0.2, 0.25) is 0 Å². The van der Waals surface area contributed by atoms with Crippen LogP contribution in [0.3, 0.4) is 0 Å². The minimum atomic E-state index is -0.497. The molecule has 2 aromatic rings. The van der Waals surface area contributed by atoms with E-state index in [1.165, 1.54) is 0 Å². The van der Waals surface area contributed by atoms with Crippen molar-refractivity contribution in [3.8, 4) is 5.75 Å². The van der Waals surface area contributed by atoms with Crippen molar-refractivity contribution in [1.29, 1.82) is 0 Å². The van der Waals surface area contributed by atoms with E-state index in [-0.39, 0.29) is 13.2 Å². The maximum absolute atomic E-state index is 11.8. The second-order valence-electron chi connectivity index (χ2n) is 4.13. The van der Waals surface area contributed by atoms with Gasteiger partial charge >= 0.3 is 5.97 Å². The number of benzene rings is 2. The molecule has 20 heavy (non-hydrogen) atoms. The van der Waals surface area contributed by atoms with E-state index in [2.05, 4.69) is 0 Å². The van der Waals surface area contributed by atoms with Gasteiger partial charge in [-0.05, 0) is 17.7 Å². The van der Waals surface area contributed by atoms with Gasteiger partial charge in [0.1, 0.15) is 24.5 Å². The van der Waals surface area contributed by atoms with E-state index >= 15 is 0 Å². The van der Waals surface area contributed by atoms with Gasteiger partial charge in [0.05, 0.1) is 6.61 Å². The van der Waals surface area contributed by atoms with Crippen LogP contribution in [-0.4, -0.2) is 24.3 Å². The first-order valence-corrected chi connectivity index (χ1v) is 6.35. The number of aliphatic hydroxyl groups excluding tert-OH is 1. The topological polar surface area (TPSA) is 55.8 Å². The van der Waals surface area contributed by atoms with E-state index in [0.29, 0.717) is 17.9 Å². The van der Waals surface area contributed by atoms with E-state index in [1.807, 2.05) is 30.3 Å². The molecule has 0 bridgehead atoms. The van der Waals surface area contributed by atoms with Crippen LogP contribution in [0.25, 0.3) is 0 Å². The molecule has 0 unspecified atom stereocenters. The average molecular weight is 272 g/mol. The lowest BCUT2D eigenvalue weighted by atomic mass is 10.2. The minimum Gasteiger partial charge on any atom is -0.488 e. The second kappa shape index (κ2) is 7.31. The van der Waals surface area contributed by atoms with Crippen LogP contribution >= 0.6 is 0 Å². The Morgan fingerprint density at radius 3 is 2.45 bits per heavy atom. The number of carbonyl (C=O) groups excluding carboxylic acids is 1. The summed E-state index contributed by atoms with van der Waals surface area (Å²) in [5, 5.41) is 8.67. The van der Waals surface area contributed by atoms with Crippen molar-refractivity contribution >= 4 is 5.97 Å². The van der Waals surface area contributed by atoms with Gasteiger partial charge in [-0.2, -0.15) is 0 Å². The Bertz CT molecular complexity index is 551. The van der Waals surface area contributed by atoms with Gasteiger partial charge in [-0.1, -0.05) is 42.5 Å². The van der Waals surface area contributed by atoms with E-state index < -0.39 is 5.97 Å². The molecule has 0 aliphatic heterocycles. The van der Waals surface area contributed by atoms with Crippen molar-refractivity contribution in [1.82, 2.24) is 0 Å². The minimum absolute atomic E-state index is 0.0220. The standard InChI is InChI=1S/C16H16O4/c17-10-11-19-16(18)14-8-4-5-9-15(14)20-12-13-6-2-1-3-7-13/h1-9,17H,10-12H2. The van der Waals surface area contributed by atoms with E-state index in [0.717, 1.165) is 5.56 Å². The Kier molecular flexibility index (Phi) is 5.15. The normalized spacial score (nSPS) is 10.1. The monoisotopic (exact) mass is 272 g/mol. The highest BCUT2D eigenvalue weighted by Gasteiger charge is 2.13. The summed E-state index contributed by atoms with van der Waals surface area (Å²) in [6.45, 7) is 0.162. The highest BCUT2D eigenvalue weighted by atomic mass is 16.5. The molecule has 0 spiro atoms. The number of ether oxygens (including phenoxy) is 2. The molecule has 2 rings (SSSR count). The summed E-state index contributed by atoms with van der Waals surface area (Å²) >= 11 is 0. The van der Waals surface area contributed by atoms with E-state index in [1.54, 1.807) is 24.3 Å². The second-order valence-corrected chi connectivity index (χ2v) is 4.13. The summed E-state index contributed by atoms with van der Waals surface area (Å²) in [5.41, 5.74) is 1.38. The average Bonchev–Trinajstić information content (AvgIpc) is 2.52. The third kappa shape index (κ3) is 3.83. The molecule has 2 aromatic carbocycles. The zero-order valence-electron chi connectivity index (χ0n) is 11.0. The summed E-state index contributed by atoms with van der Waals surface area (Å²) in [7, 11) is 0. The van der Waals surface area contributed by atoms with Gasteiger partial charge in [-0.15, -0.1) is 0 Å². The predicted octanol–water partition coefficient (Wildman–Crippen LogP) is 2.41. The Labute approximate surface area is 117 Å². The molecule has 0 amide bonds. The molecule has 4 heteroatoms. The van der Waals surface area contributed by atoms with Crippen LogP contribution in [0.15, 0.2) is 54.6 Å². The lowest BCUT2D eigenvalue weighted by molar-refractivity contribution is 0.0429. The Morgan fingerprint density at radius 2 is 1.70 bits per heavy atom. The van der Waals surface area contributed by atoms with Crippen molar-refractivity contribution in [2.45, 2.75) is 6.61 Å². The highest BCUT2D eigenvalue weighted by Crippen LogP contribution is 2.20. The van der Waals surface area contributed by atoms with Gasteiger partial charge in [-0.3, -0.25) is 0 Å². The Balaban J connectivity index is 2.06. The van der Waals surface area contributed by atoms with Crippen LogP contribution in [0.4, 0.5) is 0 Å². The number of esters is 1. The molecule has 4 nitrogen and oxygen atoms in total. The van der Waals surface area contributed by atoms with E-state index in [4.69, 9.17) is 14.6 Å². The molecule has 1 N–H and O–H groups in total. The fourth-order valence-corrected chi connectivity index (χ4v) is 1.71. The molecule has 104 valence electrons. The first kappa shape index (κ1) is 14.1. The molecule has 0 atom stereocenters. The van der Waals surface area contributed by atoms with Crippen molar-refractivity contribution in [2.75, 3.05) is 13.2 Å². The largest absolute Gasteiger partial charge is 0.488 e. The summed E-state index contributed by atoms with van der Waals surface area (Å²) < 4.78 is 10.6. The lowest BCUT2D eigenvalue weighted by Gasteiger charge is -2.10. The molecule has 0 radical (unpaired) electrons. The SMILES string of the molecule is O=C(OCCO)c1ccccc1OCc1ccccc1. The summed E-state index contributed by atoms with van der Waals surface area (Å²) in [6, 6.07) is 16.6. The number of aliphatic hydroxyl groups is 1. The number of carbonyl (C=O) groups is 1. The fourth-order valence-electron chi connectivity index (χ4n) is 1.71. The molecular formula is C16H16O4. The summed E-state index contributed by atoms with van der Waals surface area (Å²) in [4.78, 5) is 11.8. The number of para-hydroxylation sites is 1. The van der Waals surface area contributed by atoms with Crippen LogP contribution < -0.4 is 4.74 Å². The van der Waals surface area contributed by atoms with Gasteiger partial charge in [0, 0.05) is 0 Å². The van der Waals surface area contributed by atoms with Gasteiger partial charge in [0.15, 0.2) is 0 Å². The molecule has 0 aliphatic rings. The quantitative estimate of drug-likeness (QED) is 0.820. The van der Waals surface area contributed by atoms with Crippen molar-refractivity contribution < 1.29 is 19.4 Å². The molecule has 0 saturated carbocycles. The lowest BCUT2D eigenvalue weighted by Crippen LogP contribution is -2.10. The van der Waals surface area contributed by atoms with Gasteiger partial charge < -0.3 is 14.6 Å². The molecule has 0 aromatic heterocycles. The molecule has 0 heterocycles. The maximum Gasteiger partial charge on any atom is 0.342 e. The van der Waals surface area contributed by atoms with Gasteiger partial charge in [0.2, 0.25) is 0 Å². The zero-order valence-corrected chi connectivity index (χ0v) is 11.0. The van der Waals surface area contributed by atoms with Crippen molar-refractivity contribution in [2.24, 2.45) is 0 Å². The van der Waals surface area contributed by atoms with Crippen molar-refractivity contribution in [3.63, 3.8) is 0 Å². The number of rotatable bonds is 6. The van der Waals surface area contributed by atoms with Crippen LogP contribution in [0.5, 0.6) is 5.75 Å². The molecule has 0 saturated heterocycles. The van der Waals surface area contributed by atoms with Gasteiger partial charge in [-0.25, -0.2) is 4.79 Å². The maximum atomic E-state index is 11.8. The van der Waals surface area contributed by atoms with Crippen LogP contribution in [0.1, 0.15) is 15.9 Å². The van der Waals surface area contributed by atoms with Gasteiger partial charge in [0.25, 0.3) is 0 Å². The third-order valence-corrected chi connectivity index (χ3v) is 2.67. The molecular weight excluding hydrogens is 256 g/mol. The first-order chi connectivity index (χ1) is 9.81. The van der Waals surface area contributed by atoms with Crippen molar-refractivity contribution in [3.05, 3.63) is 65.7 Å². The Morgan fingerprint density at radius 1 is 1.00 bits per heavy atom. The smallest absolute Gasteiger partial charge is 0.342 e. The highest BCUT2D eigenvalue weighted by molar-refractivity contribution is 5.92. The zero-order chi connectivity index (χ0) is 14.2. The number of hydrogen-bond acceptors (Lipinski definition) is 4. The fraction of sp³-hybridized carbons (Fsp3) is 0.188. The third-order valence-electron chi connectivity index (χ3n) is 2.67. The summed E-state index contributed by atoms with van der Waals surface area (Å²) in [5.74, 6) is -0.0259.